The van der Waals surface area contributed by atoms with Gasteiger partial charge in [-0.25, -0.2) is 13.4 Å². The molecule has 2 heterocycles. The summed E-state index contributed by atoms with van der Waals surface area (Å²) in [6.45, 7) is 3.71. The van der Waals surface area contributed by atoms with Gasteiger partial charge in [-0.05, 0) is 81.0 Å². The standard InChI is InChI=1S/C32H42N6O6S/c1-20-16-23(22-10-4-3-5-11-22)17-21(2)29(20)45(42,43)38-28(31(40)41)19-34-30(39)27-18-24(44-37-27)12-8-9-15-33-32-35-25-13-6-7-14-26(25)36-32/h3-5,10-11,16-17,24,27-28,37-38H,6-9,12-15,18-19H2,1-2H3,(H,34,39)(H,40,41)(H2,33,35,36). The Bertz CT molecular complexity index is 1560. The topological polar surface area (TPSA) is 175 Å². The molecule has 1 amide bonds. The lowest BCUT2D eigenvalue weighted by atomic mass is 10.0. The van der Waals surface area contributed by atoms with Crippen LogP contribution in [0.25, 0.3) is 11.1 Å². The first-order chi connectivity index (χ1) is 21.6. The highest BCUT2D eigenvalue weighted by molar-refractivity contribution is 7.89. The van der Waals surface area contributed by atoms with E-state index in [4.69, 9.17) is 4.84 Å². The Kier molecular flexibility index (Phi) is 10.5. The van der Waals surface area contributed by atoms with Crippen molar-refractivity contribution in [3.05, 3.63) is 65.0 Å². The summed E-state index contributed by atoms with van der Waals surface area (Å²) in [4.78, 5) is 38.4. The number of carbonyl (C=O) groups excluding carboxylic acids is 1. The van der Waals surface area contributed by atoms with Crippen molar-refractivity contribution in [3.63, 3.8) is 0 Å². The Balaban J connectivity index is 1.07. The minimum atomic E-state index is -4.21. The number of aryl methyl sites for hydroxylation is 4. The van der Waals surface area contributed by atoms with Crippen LogP contribution in [0.1, 0.15) is 61.0 Å². The number of carbonyl (C=O) groups is 2. The zero-order valence-electron chi connectivity index (χ0n) is 25.7. The van der Waals surface area contributed by atoms with Crippen LogP contribution in [0.15, 0.2) is 47.4 Å². The molecule has 2 aliphatic rings. The summed E-state index contributed by atoms with van der Waals surface area (Å²) in [5, 5.41) is 15.7. The summed E-state index contributed by atoms with van der Waals surface area (Å²) in [6.07, 6.45) is 7.31. The number of nitrogens with zero attached hydrogens (tertiary/aromatic N) is 1. The number of aliphatic carboxylic acids is 1. The molecule has 1 fully saturated rings. The van der Waals surface area contributed by atoms with Crippen molar-refractivity contribution < 1.29 is 28.0 Å². The predicted octanol–water partition coefficient (Wildman–Crippen LogP) is 3.36. The first kappa shape index (κ1) is 32.6. The Morgan fingerprint density at radius 3 is 2.51 bits per heavy atom. The maximum atomic E-state index is 13.3. The van der Waals surface area contributed by atoms with Gasteiger partial charge in [0.25, 0.3) is 0 Å². The molecule has 0 saturated carbocycles. The second-order valence-corrected chi connectivity index (χ2v) is 13.5. The van der Waals surface area contributed by atoms with E-state index in [1.807, 2.05) is 30.3 Å². The van der Waals surface area contributed by atoms with Crippen molar-refractivity contribution in [1.29, 1.82) is 0 Å². The molecule has 3 aromatic rings. The normalized spacial score (nSPS) is 18.7. The number of imidazole rings is 1. The molecule has 242 valence electrons. The summed E-state index contributed by atoms with van der Waals surface area (Å²) >= 11 is 0. The van der Waals surface area contributed by atoms with E-state index in [0.717, 1.165) is 55.7 Å². The van der Waals surface area contributed by atoms with Crippen molar-refractivity contribution in [2.75, 3.05) is 18.4 Å². The number of benzene rings is 2. The highest BCUT2D eigenvalue weighted by Crippen LogP contribution is 2.28. The average Bonchev–Trinajstić information content (AvgIpc) is 3.66. The van der Waals surface area contributed by atoms with Gasteiger partial charge in [0.1, 0.15) is 12.1 Å². The van der Waals surface area contributed by atoms with E-state index in [9.17, 15) is 23.1 Å². The number of hydroxylamine groups is 1. The molecular weight excluding hydrogens is 596 g/mol. The highest BCUT2D eigenvalue weighted by Gasteiger charge is 2.33. The van der Waals surface area contributed by atoms with Crippen molar-refractivity contribution in [2.45, 2.75) is 88.3 Å². The van der Waals surface area contributed by atoms with Crippen LogP contribution in [-0.4, -0.2) is 66.6 Å². The average molecular weight is 639 g/mol. The molecule has 2 aromatic carbocycles. The minimum Gasteiger partial charge on any atom is -0.480 e. The number of carboxylic acid groups (broad SMARTS) is 1. The first-order valence-corrected chi connectivity index (χ1v) is 17.0. The Morgan fingerprint density at radius 1 is 1.07 bits per heavy atom. The maximum absolute atomic E-state index is 13.3. The van der Waals surface area contributed by atoms with Gasteiger partial charge < -0.3 is 20.7 Å². The molecule has 0 radical (unpaired) electrons. The molecule has 1 aliphatic heterocycles. The van der Waals surface area contributed by atoms with Crippen molar-refractivity contribution in [3.8, 4) is 11.1 Å². The van der Waals surface area contributed by atoms with E-state index in [1.165, 1.54) is 24.2 Å². The van der Waals surface area contributed by atoms with Gasteiger partial charge in [0.05, 0.1) is 16.7 Å². The number of amides is 1. The molecule has 1 saturated heterocycles. The predicted molar refractivity (Wildman–Crippen MR) is 170 cm³/mol. The largest absolute Gasteiger partial charge is 0.480 e. The second kappa shape index (κ2) is 14.5. The third kappa shape index (κ3) is 8.28. The summed E-state index contributed by atoms with van der Waals surface area (Å²) < 4.78 is 28.9. The summed E-state index contributed by atoms with van der Waals surface area (Å²) in [7, 11) is -4.21. The van der Waals surface area contributed by atoms with E-state index >= 15 is 0 Å². The number of aromatic nitrogens is 2. The van der Waals surface area contributed by atoms with Crippen LogP contribution in [0.4, 0.5) is 5.95 Å². The van der Waals surface area contributed by atoms with E-state index in [1.54, 1.807) is 26.0 Å². The second-order valence-electron chi connectivity index (χ2n) is 11.8. The quantitative estimate of drug-likeness (QED) is 0.145. The van der Waals surface area contributed by atoms with Gasteiger partial charge in [0.15, 0.2) is 0 Å². The van der Waals surface area contributed by atoms with Gasteiger partial charge in [-0.15, -0.1) is 0 Å². The molecule has 5 rings (SSSR count). The van der Waals surface area contributed by atoms with Crippen LogP contribution in [-0.2, 0) is 37.3 Å². The molecule has 1 aliphatic carbocycles. The zero-order valence-corrected chi connectivity index (χ0v) is 26.5. The fourth-order valence-electron chi connectivity index (χ4n) is 6.04. The molecule has 1 aromatic heterocycles. The van der Waals surface area contributed by atoms with Crippen LogP contribution < -0.4 is 20.8 Å². The van der Waals surface area contributed by atoms with Crippen LogP contribution in [0.5, 0.6) is 0 Å². The van der Waals surface area contributed by atoms with Crippen molar-refractivity contribution >= 4 is 27.8 Å². The van der Waals surface area contributed by atoms with Gasteiger partial charge in [0, 0.05) is 25.2 Å². The first-order valence-electron chi connectivity index (χ1n) is 15.5. The lowest BCUT2D eigenvalue weighted by Gasteiger charge is -2.19. The smallest absolute Gasteiger partial charge is 0.323 e. The number of hydrogen-bond donors (Lipinski definition) is 6. The fourth-order valence-corrected chi connectivity index (χ4v) is 7.68. The number of unbranched alkanes of at least 4 members (excludes halogenated alkanes) is 1. The number of H-pyrrole nitrogens is 1. The number of aromatic amines is 1. The number of carboxylic acids is 1. The third-order valence-electron chi connectivity index (χ3n) is 8.30. The number of hydrogen-bond acceptors (Lipinski definition) is 8. The number of sulfonamides is 1. The molecular formula is C32H42N6O6S. The van der Waals surface area contributed by atoms with Gasteiger partial charge in [-0.3, -0.25) is 14.4 Å². The Hall–Kier alpha value is -3.78. The molecule has 0 spiro atoms. The Labute approximate surface area is 263 Å². The van der Waals surface area contributed by atoms with Gasteiger partial charge in [0.2, 0.25) is 21.9 Å². The lowest BCUT2D eigenvalue weighted by molar-refractivity contribution is -0.139. The molecule has 0 bridgehead atoms. The fraction of sp³-hybridized carbons (Fsp3) is 0.469. The summed E-state index contributed by atoms with van der Waals surface area (Å²) in [5.41, 5.74) is 7.93. The number of fused-ring (bicyclic) bond motifs is 1. The maximum Gasteiger partial charge on any atom is 0.323 e. The van der Waals surface area contributed by atoms with Gasteiger partial charge >= 0.3 is 5.97 Å². The third-order valence-corrected chi connectivity index (χ3v) is 10.1. The van der Waals surface area contributed by atoms with Crippen LogP contribution >= 0.6 is 0 Å². The minimum absolute atomic E-state index is 0.0203. The SMILES string of the molecule is Cc1cc(-c2ccccc2)cc(C)c1S(=O)(=O)NC(CNC(=O)C1CC(CCCCNc2nc3c([nH]2)CCCC3)ON1)C(=O)O. The molecule has 6 N–H and O–H groups in total. The molecule has 3 atom stereocenters. The van der Waals surface area contributed by atoms with E-state index in [-0.39, 0.29) is 11.0 Å². The van der Waals surface area contributed by atoms with E-state index in [0.29, 0.717) is 17.5 Å². The number of rotatable bonds is 14. The van der Waals surface area contributed by atoms with E-state index in [2.05, 4.69) is 30.8 Å². The van der Waals surface area contributed by atoms with Gasteiger partial charge in [-0.1, -0.05) is 42.5 Å². The van der Waals surface area contributed by atoms with Crippen LogP contribution in [0.2, 0.25) is 0 Å². The number of anilines is 1. The molecule has 13 heteroatoms. The zero-order chi connectivity index (χ0) is 32.0. The van der Waals surface area contributed by atoms with Crippen molar-refractivity contribution in [1.82, 2.24) is 25.5 Å². The van der Waals surface area contributed by atoms with Crippen LogP contribution in [0.3, 0.4) is 0 Å². The Morgan fingerprint density at radius 2 is 1.80 bits per heavy atom. The molecule has 12 nitrogen and oxygen atoms in total. The monoisotopic (exact) mass is 638 g/mol. The van der Waals surface area contributed by atoms with Gasteiger partial charge in [-0.2, -0.15) is 10.2 Å². The lowest BCUT2D eigenvalue weighted by Crippen LogP contribution is -2.51. The summed E-state index contributed by atoms with van der Waals surface area (Å²) in [5.74, 6) is -1.02. The number of nitrogens with one attached hydrogen (secondary N) is 5. The van der Waals surface area contributed by atoms with E-state index < -0.39 is 40.5 Å². The summed E-state index contributed by atoms with van der Waals surface area (Å²) in [6, 6.07) is 10.9. The molecule has 45 heavy (non-hydrogen) atoms. The molecule has 3 unspecified atom stereocenters. The van der Waals surface area contributed by atoms with Crippen LogP contribution in [0, 0.1) is 13.8 Å². The highest BCUT2D eigenvalue weighted by atomic mass is 32.2. The van der Waals surface area contributed by atoms with Crippen molar-refractivity contribution in [2.24, 2.45) is 0 Å².